The summed E-state index contributed by atoms with van der Waals surface area (Å²) in [7, 11) is 0. The number of carbonyl (C=O) groups is 1. The van der Waals surface area contributed by atoms with E-state index >= 15 is 0 Å². The topological polar surface area (TPSA) is 78.9 Å². The van der Waals surface area contributed by atoms with Crippen molar-refractivity contribution in [1.82, 2.24) is 0 Å². The summed E-state index contributed by atoms with van der Waals surface area (Å²) in [5, 5.41) is 12.1. The first-order chi connectivity index (χ1) is 9.43. The number of anilines is 2. The number of aryl methyl sites for hydroxylation is 1. The predicted molar refractivity (Wildman–Crippen MR) is 77.3 cm³/mol. The molecular weight excluding hydrogens is 277 g/mol. The Morgan fingerprint density at radius 1 is 1.45 bits per heavy atom. The maximum Gasteiger partial charge on any atom is 0.259 e. The summed E-state index contributed by atoms with van der Waals surface area (Å²) in [5.41, 5.74) is 6.93. The average Bonchev–Trinajstić information content (AvgIpc) is 2.67. The number of hydrogen-bond acceptors (Lipinski definition) is 4. The molecule has 0 radical (unpaired) electrons. The number of nitrogens with one attached hydrogen (secondary N) is 1. The third-order valence-corrected chi connectivity index (χ3v) is 4.08. The zero-order valence-electron chi connectivity index (χ0n) is 11.0. The van der Waals surface area contributed by atoms with Gasteiger partial charge in [0.2, 0.25) is 0 Å². The van der Waals surface area contributed by atoms with Gasteiger partial charge in [0.1, 0.15) is 16.9 Å². The quantitative estimate of drug-likeness (QED) is 0.833. The second-order valence-electron chi connectivity index (χ2n) is 4.29. The second-order valence-corrected chi connectivity index (χ2v) is 5.52. The lowest BCUT2D eigenvalue weighted by molar-refractivity contribution is 0.102. The van der Waals surface area contributed by atoms with Crippen LogP contribution in [0.5, 0.6) is 0 Å². The zero-order valence-corrected chi connectivity index (χ0v) is 11.8. The number of rotatable bonds is 2. The van der Waals surface area contributed by atoms with E-state index < -0.39 is 11.7 Å². The van der Waals surface area contributed by atoms with E-state index in [1.54, 1.807) is 6.92 Å². The molecule has 20 heavy (non-hydrogen) atoms. The van der Waals surface area contributed by atoms with Gasteiger partial charge < -0.3 is 11.1 Å². The Morgan fingerprint density at radius 3 is 2.80 bits per heavy atom. The molecule has 0 aliphatic rings. The summed E-state index contributed by atoms with van der Waals surface area (Å²) in [5.74, 6) is -1.27. The molecule has 0 saturated heterocycles. The first-order valence-corrected chi connectivity index (χ1v) is 6.62. The number of amides is 1. The molecule has 0 fully saturated rings. The monoisotopic (exact) mass is 289 g/mol. The molecule has 0 unspecified atom stereocenters. The van der Waals surface area contributed by atoms with E-state index in [-0.39, 0.29) is 5.56 Å². The van der Waals surface area contributed by atoms with Crippen LogP contribution in [0, 0.1) is 31.0 Å². The fourth-order valence-electron chi connectivity index (χ4n) is 1.74. The summed E-state index contributed by atoms with van der Waals surface area (Å²) in [6.07, 6.45) is 0. The lowest BCUT2D eigenvalue weighted by Crippen LogP contribution is -2.14. The minimum atomic E-state index is -0.653. The number of halogens is 1. The summed E-state index contributed by atoms with van der Waals surface area (Å²) < 4.78 is 13.6. The number of nitriles is 1. The van der Waals surface area contributed by atoms with Gasteiger partial charge in [-0.3, -0.25) is 4.79 Å². The van der Waals surface area contributed by atoms with Crippen LogP contribution in [0.25, 0.3) is 0 Å². The van der Waals surface area contributed by atoms with Crippen LogP contribution < -0.4 is 11.1 Å². The highest BCUT2D eigenvalue weighted by Crippen LogP contribution is 2.32. The summed E-state index contributed by atoms with van der Waals surface area (Å²) in [6, 6.07) is 5.83. The van der Waals surface area contributed by atoms with Crippen LogP contribution >= 0.6 is 11.3 Å². The van der Waals surface area contributed by atoms with Gasteiger partial charge in [-0.2, -0.15) is 5.26 Å². The normalized spacial score (nSPS) is 10.1. The van der Waals surface area contributed by atoms with Crippen LogP contribution in [0.1, 0.15) is 26.4 Å². The maximum atomic E-state index is 13.6. The molecule has 0 spiro atoms. The van der Waals surface area contributed by atoms with Gasteiger partial charge >= 0.3 is 0 Å². The van der Waals surface area contributed by atoms with Crippen molar-refractivity contribution in [1.29, 1.82) is 5.26 Å². The first kappa shape index (κ1) is 14.0. The highest BCUT2D eigenvalue weighted by atomic mass is 32.1. The van der Waals surface area contributed by atoms with E-state index in [9.17, 15) is 9.18 Å². The molecule has 1 aromatic heterocycles. The Balaban J connectivity index is 2.36. The van der Waals surface area contributed by atoms with E-state index in [4.69, 9.17) is 11.0 Å². The van der Waals surface area contributed by atoms with E-state index in [2.05, 4.69) is 5.32 Å². The predicted octanol–water partition coefficient (Wildman–Crippen LogP) is 3.21. The van der Waals surface area contributed by atoms with Crippen LogP contribution in [-0.4, -0.2) is 5.91 Å². The van der Waals surface area contributed by atoms with Crippen LogP contribution in [0.15, 0.2) is 18.2 Å². The average molecular weight is 289 g/mol. The Labute approximate surface area is 119 Å². The molecule has 1 heterocycles. The van der Waals surface area contributed by atoms with Gasteiger partial charge in [-0.15, -0.1) is 11.3 Å². The van der Waals surface area contributed by atoms with Crippen molar-refractivity contribution in [2.24, 2.45) is 0 Å². The van der Waals surface area contributed by atoms with E-state index in [0.717, 1.165) is 16.5 Å². The number of thiophene rings is 1. The third-order valence-electron chi connectivity index (χ3n) is 2.96. The molecule has 0 aliphatic carbocycles. The molecule has 4 nitrogen and oxygen atoms in total. The van der Waals surface area contributed by atoms with Crippen molar-refractivity contribution < 1.29 is 9.18 Å². The Hall–Kier alpha value is -2.39. The molecule has 3 N–H and O–H groups in total. The lowest BCUT2D eigenvalue weighted by atomic mass is 10.1. The fourth-order valence-corrected chi connectivity index (χ4v) is 2.74. The standard InChI is InChI=1S/C14H12FN3OS/c1-7-8(2)20-14(11(7)6-16)18-13(19)10-5-9(17)3-4-12(10)15/h3-5H,17H2,1-2H3,(H,18,19). The zero-order chi connectivity index (χ0) is 14.9. The number of hydrogen-bond donors (Lipinski definition) is 2. The summed E-state index contributed by atoms with van der Waals surface area (Å²) in [6.45, 7) is 3.67. The minimum Gasteiger partial charge on any atom is -0.399 e. The molecule has 0 saturated carbocycles. The highest BCUT2D eigenvalue weighted by Gasteiger charge is 2.17. The number of nitrogen functional groups attached to an aromatic ring is 1. The van der Waals surface area contributed by atoms with Crippen molar-refractivity contribution in [2.75, 3.05) is 11.1 Å². The first-order valence-electron chi connectivity index (χ1n) is 5.80. The Bertz CT molecular complexity index is 731. The van der Waals surface area contributed by atoms with Crippen LogP contribution in [-0.2, 0) is 0 Å². The van der Waals surface area contributed by atoms with E-state index in [1.807, 2.05) is 13.0 Å². The molecule has 6 heteroatoms. The van der Waals surface area contributed by atoms with Crippen molar-refractivity contribution in [3.63, 3.8) is 0 Å². The maximum absolute atomic E-state index is 13.6. The van der Waals surface area contributed by atoms with Gasteiger partial charge in [0, 0.05) is 10.6 Å². The second kappa shape index (κ2) is 5.31. The van der Waals surface area contributed by atoms with Crippen LogP contribution in [0.3, 0.4) is 0 Å². The lowest BCUT2D eigenvalue weighted by Gasteiger charge is -2.05. The SMILES string of the molecule is Cc1sc(NC(=O)c2cc(N)ccc2F)c(C#N)c1C. The van der Waals surface area contributed by atoms with Gasteiger partial charge in [-0.1, -0.05) is 0 Å². The van der Waals surface area contributed by atoms with Crippen molar-refractivity contribution in [2.45, 2.75) is 13.8 Å². The van der Waals surface area contributed by atoms with E-state index in [1.165, 1.54) is 23.5 Å². The van der Waals surface area contributed by atoms with Crippen molar-refractivity contribution in [3.05, 3.63) is 45.6 Å². The number of nitrogens with zero attached hydrogens (tertiary/aromatic N) is 1. The molecule has 2 rings (SSSR count). The Kier molecular flexibility index (Phi) is 3.72. The largest absolute Gasteiger partial charge is 0.399 e. The summed E-state index contributed by atoms with van der Waals surface area (Å²) in [4.78, 5) is 13.0. The molecule has 1 amide bonds. The minimum absolute atomic E-state index is 0.141. The van der Waals surface area contributed by atoms with Gasteiger partial charge in [0.15, 0.2) is 0 Å². The van der Waals surface area contributed by atoms with Gasteiger partial charge in [0.05, 0.1) is 11.1 Å². The van der Waals surface area contributed by atoms with Crippen molar-refractivity contribution >= 4 is 27.9 Å². The fraction of sp³-hybridized carbons (Fsp3) is 0.143. The van der Waals surface area contributed by atoms with Crippen LogP contribution in [0.2, 0.25) is 0 Å². The van der Waals surface area contributed by atoms with Gasteiger partial charge in [-0.25, -0.2) is 4.39 Å². The smallest absolute Gasteiger partial charge is 0.259 e. The highest BCUT2D eigenvalue weighted by molar-refractivity contribution is 7.16. The molecule has 102 valence electrons. The number of carbonyl (C=O) groups excluding carboxylic acids is 1. The van der Waals surface area contributed by atoms with Gasteiger partial charge in [0.25, 0.3) is 5.91 Å². The van der Waals surface area contributed by atoms with Crippen LogP contribution in [0.4, 0.5) is 15.1 Å². The molecular formula is C14H12FN3OS. The van der Waals surface area contributed by atoms with E-state index in [0.29, 0.717) is 16.3 Å². The summed E-state index contributed by atoms with van der Waals surface area (Å²) >= 11 is 1.29. The number of nitrogens with two attached hydrogens (primary N) is 1. The number of benzene rings is 1. The van der Waals surface area contributed by atoms with Gasteiger partial charge in [-0.05, 0) is 37.6 Å². The molecule has 1 aromatic carbocycles. The Morgan fingerprint density at radius 2 is 2.15 bits per heavy atom. The third kappa shape index (κ3) is 2.49. The van der Waals surface area contributed by atoms with Crippen molar-refractivity contribution in [3.8, 4) is 6.07 Å². The molecule has 0 aliphatic heterocycles. The molecule has 0 atom stereocenters. The molecule has 0 bridgehead atoms. The molecule has 2 aromatic rings.